The highest BCUT2D eigenvalue weighted by atomic mass is 19.1. The van der Waals surface area contributed by atoms with Gasteiger partial charge in [-0.2, -0.15) is 5.10 Å². The lowest BCUT2D eigenvalue weighted by Gasteiger charge is -2.09. The zero-order chi connectivity index (χ0) is 21.2. The summed E-state index contributed by atoms with van der Waals surface area (Å²) < 4.78 is 22.3. The van der Waals surface area contributed by atoms with Crippen molar-refractivity contribution < 1.29 is 9.13 Å². The van der Waals surface area contributed by atoms with E-state index in [4.69, 9.17) is 4.74 Å². The van der Waals surface area contributed by atoms with Crippen LogP contribution in [-0.4, -0.2) is 19.7 Å². The van der Waals surface area contributed by atoms with Crippen LogP contribution in [0.25, 0.3) is 33.3 Å². The number of ether oxygens (including phenoxy) is 1. The van der Waals surface area contributed by atoms with Crippen molar-refractivity contribution >= 4 is 10.9 Å². The monoisotopic (exact) mass is 410 g/mol. The van der Waals surface area contributed by atoms with Crippen LogP contribution in [0.2, 0.25) is 0 Å². The molecule has 3 heterocycles. The molecule has 0 bridgehead atoms. The number of nitrogens with zero attached hydrogens (tertiary/aromatic N) is 4. The van der Waals surface area contributed by atoms with Crippen molar-refractivity contribution in [2.75, 3.05) is 0 Å². The molecular weight excluding hydrogens is 391 g/mol. The van der Waals surface area contributed by atoms with E-state index in [0.29, 0.717) is 11.3 Å². The van der Waals surface area contributed by atoms with E-state index < -0.39 is 5.82 Å². The van der Waals surface area contributed by atoms with Crippen LogP contribution >= 0.6 is 0 Å². The van der Waals surface area contributed by atoms with Gasteiger partial charge in [0.2, 0.25) is 0 Å². The number of halogens is 1. The number of pyridine rings is 2. The Morgan fingerprint density at radius 1 is 0.935 bits per heavy atom. The van der Waals surface area contributed by atoms with E-state index in [1.54, 1.807) is 23.1 Å². The molecule has 0 aliphatic heterocycles. The fraction of sp³-hybridized carbons (Fsp3) is 0.0800. The molecule has 31 heavy (non-hydrogen) atoms. The van der Waals surface area contributed by atoms with Crippen molar-refractivity contribution in [1.29, 1.82) is 0 Å². The molecule has 5 rings (SSSR count). The van der Waals surface area contributed by atoms with Crippen molar-refractivity contribution in [2.24, 2.45) is 7.05 Å². The normalized spacial score (nSPS) is 11.0. The Bertz CT molecular complexity index is 1360. The first-order valence-electron chi connectivity index (χ1n) is 9.89. The minimum absolute atomic E-state index is 0.181. The molecule has 0 unspecified atom stereocenters. The third-order valence-electron chi connectivity index (χ3n) is 5.06. The Kier molecular flexibility index (Phi) is 4.88. The second-order valence-electron chi connectivity index (χ2n) is 7.23. The van der Waals surface area contributed by atoms with Gasteiger partial charge in [-0.15, -0.1) is 0 Å². The summed E-state index contributed by atoms with van der Waals surface area (Å²) in [6.45, 7) is 0.187. The standard InChI is InChI=1S/C25H19FN4O/c1-30-15-21(17-10-12-27-13-11-17)25(29-30)19-7-9-24(22(26)14-19)31-16-20-8-6-18-4-2-3-5-23(18)28-20/h2-15H,16H2,1H3. The van der Waals surface area contributed by atoms with Gasteiger partial charge in [0.05, 0.1) is 11.2 Å². The number of aromatic nitrogens is 4. The smallest absolute Gasteiger partial charge is 0.165 e. The maximum absolute atomic E-state index is 14.8. The summed E-state index contributed by atoms with van der Waals surface area (Å²) >= 11 is 0. The molecule has 0 atom stereocenters. The van der Waals surface area contributed by atoms with Crippen LogP contribution < -0.4 is 4.74 Å². The molecule has 152 valence electrons. The molecule has 2 aromatic carbocycles. The molecule has 3 aromatic heterocycles. The number of aryl methyl sites for hydroxylation is 1. The SMILES string of the molecule is Cn1cc(-c2ccncc2)c(-c2ccc(OCc3ccc4ccccc4n3)c(F)c2)n1. The van der Waals surface area contributed by atoms with Gasteiger partial charge in [-0.05, 0) is 48.0 Å². The van der Waals surface area contributed by atoms with E-state index in [1.165, 1.54) is 6.07 Å². The first-order chi connectivity index (χ1) is 15.2. The lowest BCUT2D eigenvalue weighted by Crippen LogP contribution is -2.00. The highest BCUT2D eigenvalue weighted by Crippen LogP contribution is 2.32. The summed E-state index contributed by atoms with van der Waals surface area (Å²) in [5.41, 5.74) is 4.90. The lowest BCUT2D eigenvalue weighted by molar-refractivity contribution is 0.286. The first kappa shape index (κ1) is 18.9. The molecule has 0 N–H and O–H groups in total. The molecule has 0 amide bonds. The minimum atomic E-state index is -0.440. The van der Waals surface area contributed by atoms with Crippen molar-refractivity contribution in [2.45, 2.75) is 6.61 Å². The van der Waals surface area contributed by atoms with Gasteiger partial charge in [0.1, 0.15) is 12.3 Å². The maximum Gasteiger partial charge on any atom is 0.165 e. The fourth-order valence-electron chi connectivity index (χ4n) is 3.55. The van der Waals surface area contributed by atoms with E-state index in [0.717, 1.165) is 27.7 Å². The quantitative estimate of drug-likeness (QED) is 0.388. The largest absolute Gasteiger partial charge is 0.484 e. The molecule has 0 aliphatic rings. The Morgan fingerprint density at radius 3 is 2.61 bits per heavy atom. The first-order valence-corrected chi connectivity index (χ1v) is 9.89. The van der Waals surface area contributed by atoms with Gasteiger partial charge >= 0.3 is 0 Å². The fourth-order valence-corrected chi connectivity index (χ4v) is 3.55. The van der Waals surface area contributed by atoms with E-state index in [1.807, 2.05) is 67.8 Å². The molecule has 0 radical (unpaired) electrons. The Hall–Kier alpha value is -4.06. The van der Waals surface area contributed by atoms with Crippen LogP contribution in [0.3, 0.4) is 0 Å². The highest BCUT2D eigenvalue weighted by Gasteiger charge is 2.15. The zero-order valence-electron chi connectivity index (χ0n) is 16.9. The number of hydrogen-bond acceptors (Lipinski definition) is 4. The van der Waals surface area contributed by atoms with Crippen LogP contribution in [-0.2, 0) is 13.7 Å². The van der Waals surface area contributed by atoms with Gasteiger partial charge in [-0.25, -0.2) is 9.37 Å². The van der Waals surface area contributed by atoms with E-state index in [9.17, 15) is 4.39 Å². The van der Waals surface area contributed by atoms with Crippen molar-refractivity contribution in [3.63, 3.8) is 0 Å². The Balaban J connectivity index is 1.39. The van der Waals surface area contributed by atoms with Gasteiger partial charge < -0.3 is 4.74 Å². The third-order valence-corrected chi connectivity index (χ3v) is 5.06. The van der Waals surface area contributed by atoms with Gasteiger partial charge in [0, 0.05) is 42.2 Å². The summed E-state index contributed by atoms with van der Waals surface area (Å²) in [4.78, 5) is 8.63. The Labute approximate surface area is 178 Å². The molecular formula is C25H19FN4O. The van der Waals surface area contributed by atoms with Crippen LogP contribution in [0.15, 0.2) is 85.3 Å². The van der Waals surface area contributed by atoms with E-state index >= 15 is 0 Å². The predicted molar refractivity (Wildman–Crippen MR) is 118 cm³/mol. The van der Waals surface area contributed by atoms with E-state index in [-0.39, 0.29) is 12.4 Å². The molecule has 5 nitrogen and oxygen atoms in total. The topological polar surface area (TPSA) is 52.8 Å². The minimum Gasteiger partial charge on any atom is -0.484 e. The summed E-state index contributed by atoms with van der Waals surface area (Å²) in [7, 11) is 1.85. The number of fused-ring (bicyclic) bond motifs is 1. The number of benzene rings is 2. The van der Waals surface area contributed by atoms with Crippen molar-refractivity contribution in [3.05, 3.63) is 96.8 Å². The molecule has 0 saturated carbocycles. The van der Waals surface area contributed by atoms with Gasteiger partial charge in [-0.1, -0.05) is 24.3 Å². The molecule has 0 spiro atoms. The second kappa shape index (κ2) is 7.99. The van der Waals surface area contributed by atoms with Gasteiger partial charge in [-0.3, -0.25) is 9.67 Å². The molecule has 5 aromatic rings. The molecule has 0 saturated heterocycles. The summed E-state index contributed by atoms with van der Waals surface area (Å²) in [6.07, 6.45) is 5.37. The lowest BCUT2D eigenvalue weighted by atomic mass is 10.0. The predicted octanol–water partition coefficient (Wildman–Crippen LogP) is 5.42. The average Bonchev–Trinajstić information content (AvgIpc) is 3.20. The maximum atomic E-state index is 14.8. The number of para-hydroxylation sites is 1. The van der Waals surface area contributed by atoms with Crippen LogP contribution in [0.1, 0.15) is 5.69 Å². The van der Waals surface area contributed by atoms with E-state index in [2.05, 4.69) is 15.1 Å². The molecule has 0 fully saturated rings. The summed E-state index contributed by atoms with van der Waals surface area (Å²) in [5, 5.41) is 5.59. The zero-order valence-corrected chi connectivity index (χ0v) is 16.9. The van der Waals surface area contributed by atoms with Crippen LogP contribution in [0.4, 0.5) is 4.39 Å². The average molecular weight is 410 g/mol. The number of hydrogen-bond donors (Lipinski definition) is 0. The second-order valence-corrected chi connectivity index (χ2v) is 7.23. The summed E-state index contributed by atoms with van der Waals surface area (Å²) in [6, 6.07) is 20.5. The Morgan fingerprint density at radius 2 is 1.77 bits per heavy atom. The number of rotatable bonds is 5. The third kappa shape index (κ3) is 3.88. The van der Waals surface area contributed by atoms with Crippen molar-refractivity contribution in [1.82, 2.24) is 19.7 Å². The van der Waals surface area contributed by atoms with Crippen molar-refractivity contribution in [3.8, 4) is 28.1 Å². The van der Waals surface area contributed by atoms with Crippen LogP contribution in [0.5, 0.6) is 5.75 Å². The molecule has 0 aliphatic carbocycles. The van der Waals surface area contributed by atoms with Gasteiger partial charge in [0.15, 0.2) is 11.6 Å². The van der Waals surface area contributed by atoms with Crippen LogP contribution in [0, 0.1) is 5.82 Å². The molecule has 6 heteroatoms. The van der Waals surface area contributed by atoms with Gasteiger partial charge in [0.25, 0.3) is 0 Å². The summed E-state index contributed by atoms with van der Waals surface area (Å²) in [5.74, 6) is -0.260. The highest BCUT2D eigenvalue weighted by molar-refractivity contribution is 5.80.